The molecule has 1 rings (SSSR count). The molecular formula is C13H20N2O4S. The molecule has 0 fully saturated rings. The van der Waals surface area contributed by atoms with Crippen LogP contribution in [0.3, 0.4) is 0 Å². The number of hydrogen-bond acceptors (Lipinski definition) is 6. The molecular weight excluding hydrogens is 280 g/mol. The lowest BCUT2D eigenvalue weighted by Gasteiger charge is -2.12. The molecule has 6 nitrogen and oxygen atoms in total. The Morgan fingerprint density at radius 1 is 1.40 bits per heavy atom. The summed E-state index contributed by atoms with van der Waals surface area (Å²) in [6.07, 6.45) is 0. The van der Waals surface area contributed by atoms with Gasteiger partial charge in [-0.1, -0.05) is 6.92 Å². The van der Waals surface area contributed by atoms with Crippen molar-refractivity contribution in [2.45, 2.75) is 13.8 Å². The maximum Gasteiger partial charge on any atom is 0.340 e. The maximum absolute atomic E-state index is 11.6. The molecule has 1 aromatic carbocycles. The summed E-state index contributed by atoms with van der Waals surface area (Å²) in [6.45, 7) is 3.66. The van der Waals surface area contributed by atoms with Crippen molar-refractivity contribution in [3.8, 4) is 0 Å². The molecule has 0 aliphatic heterocycles. The summed E-state index contributed by atoms with van der Waals surface area (Å²) in [5.41, 5.74) is 7.83. The van der Waals surface area contributed by atoms with Gasteiger partial charge in [0.25, 0.3) is 0 Å². The molecule has 0 amide bonds. The fourth-order valence-electron chi connectivity index (χ4n) is 1.67. The Bertz CT molecular complexity index is 597. The van der Waals surface area contributed by atoms with Crippen LogP contribution in [0.2, 0.25) is 0 Å². The number of ether oxygens (including phenoxy) is 1. The number of hydrogen-bond donors (Lipinski definition) is 2. The molecule has 0 atom stereocenters. The van der Waals surface area contributed by atoms with Crippen LogP contribution in [-0.4, -0.2) is 39.5 Å². The Hall–Kier alpha value is -1.76. The van der Waals surface area contributed by atoms with Crippen LogP contribution < -0.4 is 11.1 Å². The van der Waals surface area contributed by atoms with Gasteiger partial charge in [0.15, 0.2) is 9.84 Å². The zero-order valence-corrected chi connectivity index (χ0v) is 12.7. The minimum Gasteiger partial charge on any atom is -0.465 e. The number of nitrogens with one attached hydrogen (secondary N) is 1. The number of nitrogens with two attached hydrogens (primary N) is 1. The van der Waals surface area contributed by atoms with Crippen LogP contribution in [0.15, 0.2) is 12.1 Å². The first-order valence-electron chi connectivity index (χ1n) is 6.23. The van der Waals surface area contributed by atoms with Gasteiger partial charge in [0.05, 0.1) is 18.4 Å². The van der Waals surface area contributed by atoms with Gasteiger partial charge in [-0.3, -0.25) is 0 Å². The number of sulfone groups is 1. The van der Waals surface area contributed by atoms with Gasteiger partial charge in [0.2, 0.25) is 0 Å². The monoisotopic (exact) mass is 300 g/mol. The minimum absolute atomic E-state index is 0.0421. The van der Waals surface area contributed by atoms with Crippen LogP contribution in [0.4, 0.5) is 11.4 Å². The third-order valence-electron chi connectivity index (χ3n) is 2.97. The fraction of sp³-hybridized carbons (Fsp3) is 0.462. The summed E-state index contributed by atoms with van der Waals surface area (Å²) in [6, 6.07) is 3.33. The number of rotatable bonds is 6. The van der Waals surface area contributed by atoms with Crippen molar-refractivity contribution in [2.75, 3.05) is 36.2 Å². The summed E-state index contributed by atoms with van der Waals surface area (Å²) in [4.78, 5) is 11.6. The molecule has 7 heteroatoms. The lowest BCUT2D eigenvalue weighted by molar-refractivity contribution is 0.0602. The fourth-order valence-corrected chi connectivity index (χ4v) is 2.38. The molecule has 0 spiro atoms. The van der Waals surface area contributed by atoms with E-state index in [1.807, 2.05) is 0 Å². The second-order valence-corrected chi connectivity index (χ2v) is 6.88. The van der Waals surface area contributed by atoms with Crippen molar-refractivity contribution in [1.82, 2.24) is 0 Å². The zero-order chi connectivity index (χ0) is 15.3. The van der Waals surface area contributed by atoms with Crippen LogP contribution in [0.5, 0.6) is 0 Å². The molecule has 0 heterocycles. The minimum atomic E-state index is -3.02. The van der Waals surface area contributed by atoms with E-state index in [0.29, 0.717) is 11.4 Å². The molecule has 0 saturated heterocycles. The highest BCUT2D eigenvalue weighted by Crippen LogP contribution is 2.23. The SMILES string of the molecule is CCS(=O)(=O)CCNc1cc(C)c(N)c(C(=O)OC)c1. The van der Waals surface area contributed by atoms with Crippen molar-refractivity contribution >= 4 is 27.2 Å². The average Bonchev–Trinajstić information content (AvgIpc) is 2.41. The molecule has 0 saturated carbocycles. The summed E-state index contributed by atoms with van der Waals surface area (Å²) in [5, 5.41) is 2.98. The van der Waals surface area contributed by atoms with Gasteiger partial charge in [0.1, 0.15) is 0 Å². The van der Waals surface area contributed by atoms with E-state index >= 15 is 0 Å². The number of methoxy groups -OCH3 is 1. The highest BCUT2D eigenvalue weighted by atomic mass is 32.2. The maximum atomic E-state index is 11.6. The van der Waals surface area contributed by atoms with Gasteiger partial charge in [-0.25, -0.2) is 13.2 Å². The molecule has 0 bridgehead atoms. The Morgan fingerprint density at radius 2 is 2.05 bits per heavy atom. The largest absolute Gasteiger partial charge is 0.465 e. The number of benzene rings is 1. The summed E-state index contributed by atoms with van der Waals surface area (Å²) >= 11 is 0. The number of esters is 1. The van der Waals surface area contributed by atoms with E-state index in [1.54, 1.807) is 26.0 Å². The number of carbonyl (C=O) groups excluding carboxylic acids is 1. The van der Waals surface area contributed by atoms with Gasteiger partial charge >= 0.3 is 5.97 Å². The Labute approximate surface area is 119 Å². The lowest BCUT2D eigenvalue weighted by Crippen LogP contribution is -2.17. The van der Waals surface area contributed by atoms with E-state index in [1.165, 1.54) is 7.11 Å². The summed E-state index contributed by atoms with van der Waals surface area (Å²) in [7, 11) is -1.74. The standard InChI is InChI=1S/C13H20N2O4S/c1-4-20(17,18)6-5-15-10-7-9(2)12(14)11(8-10)13(16)19-3/h7-8,15H,4-6,14H2,1-3H3. The predicted molar refractivity (Wildman–Crippen MR) is 79.7 cm³/mol. The van der Waals surface area contributed by atoms with Crippen LogP contribution in [0, 0.1) is 6.92 Å². The molecule has 0 unspecified atom stereocenters. The van der Waals surface area contributed by atoms with Crippen LogP contribution in [0.25, 0.3) is 0 Å². The first kappa shape index (κ1) is 16.3. The number of carbonyl (C=O) groups is 1. The number of anilines is 2. The van der Waals surface area contributed by atoms with E-state index in [2.05, 4.69) is 10.1 Å². The topological polar surface area (TPSA) is 98.5 Å². The molecule has 0 radical (unpaired) electrons. The van der Waals surface area contributed by atoms with Gasteiger partial charge < -0.3 is 15.8 Å². The highest BCUT2D eigenvalue weighted by molar-refractivity contribution is 7.91. The molecule has 1 aromatic rings. The Kier molecular flexibility index (Phi) is 5.38. The van der Waals surface area contributed by atoms with E-state index in [0.717, 1.165) is 5.56 Å². The molecule has 0 aromatic heterocycles. The predicted octanol–water partition coefficient (Wildman–Crippen LogP) is 1.21. The Morgan fingerprint density at radius 3 is 2.60 bits per heavy atom. The van der Waals surface area contributed by atoms with E-state index < -0.39 is 15.8 Å². The van der Waals surface area contributed by atoms with Crippen molar-refractivity contribution in [1.29, 1.82) is 0 Å². The normalized spacial score (nSPS) is 11.2. The van der Waals surface area contributed by atoms with Crippen molar-refractivity contribution in [3.63, 3.8) is 0 Å². The molecule has 20 heavy (non-hydrogen) atoms. The number of aryl methyl sites for hydroxylation is 1. The van der Waals surface area contributed by atoms with Crippen LogP contribution in [0.1, 0.15) is 22.8 Å². The van der Waals surface area contributed by atoms with Crippen LogP contribution in [-0.2, 0) is 14.6 Å². The third kappa shape index (κ3) is 4.12. The van der Waals surface area contributed by atoms with Gasteiger partial charge in [0, 0.05) is 23.7 Å². The zero-order valence-electron chi connectivity index (χ0n) is 11.9. The first-order valence-corrected chi connectivity index (χ1v) is 8.05. The van der Waals surface area contributed by atoms with E-state index in [4.69, 9.17) is 5.73 Å². The molecule has 112 valence electrons. The molecule has 0 aliphatic carbocycles. The smallest absolute Gasteiger partial charge is 0.340 e. The van der Waals surface area contributed by atoms with E-state index in [-0.39, 0.29) is 23.6 Å². The second kappa shape index (κ2) is 6.60. The summed E-state index contributed by atoms with van der Waals surface area (Å²) < 4.78 is 27.5. The van der Waals surface area contributed by atoms with E-state index in [9.17, 15) is 13.2 Å². The lowest BCUT2D eigenvalue weighted by atomic mass is 10.1. The Balaban J connectivity index is 2.87. The second-order valence-electron chi connectivity index (χ2n) is 4.41. The molecule has 3 N–H and O–H groups in total. The van der Waals surface area contributed by atoms with Crippen molar-refractivity contribution < 1.29 is 17.9 Å². The third-order valence-corrected chi connectivity index (χ3v) is 4.68. The average molecular weight is 300 g/mol. The highest BCUT2D eigenvalue weighted by Gasteiger charge is 2.14. The van der Waals surface area contributed by atoms with Gasteiger partial charge in [-0.2, -0.15) is 0 Å². The van der Waals surface area contributed by atoms with Gasteiger partial charge in [-0.15, -0.1) is 0 Å². The van der Waals surface area contributed by atoms with Gasteiger partial charge in [-0.05, 0) is 24.6 Å². The van der Waals surface area contributed by atoms with Crippen molar-refractivity contribution in [3.05, 3.63) is 23.3 Å². The number of nitrogen functional groups attached to an aromatic ring is 1. The van der Waals surface area contributed by atoms with Crippen molar-refractivity contribution in [2.24, 2.45) is 0 Å². The van der Waals surface area contributed by atoms with Crippen LogP contribution >= 0.6 is 0 Å². The molecule has 0 aliphatic rings. The first-order chi connectivity index (χ1) is 9.30. The summed E-state index contributed by atoms with van der Waals surface area (Å²) in [5.74, 6) is -0.362. The quantitative estimate of drug-likeness (QED) is 0.605.